The Hall–Kier alpha value is -0.500. The summed E-state index contributed by atoms with van der Waals surface area (Å²) in [5.41, 5.74) is 11.1. The molecule has 6 rings (SSSR count). The van der Waals surface area contributed by atoms with E-state index in [9.17, 15) is 0 Å². The van der Waals surface area contributed by atoms with E-state index in [4.69, 9.17) is 10.5 Å². The topological polar surface area (TPSA) is 35.2 Å². The van der Waals surface area contributed by atoms with E-state index >= 15 is 0 Å². The summed E-state index contributed by atoms with van der Waals surface area (Å²) in [6, 6.07) is 0. The molecule has 0 aromatic carbocycles. The van der Waals surface area contributed by atoms with Gasteiger partial charge in [-0.1, -0.05) is 47.1 Å². The van der Waals surface area contributed by atoms with Crippen LogP contribution >= 0.6 is 0 Å². The summed E-state index contributed by atoms with van der Waals surface area (Å²) in [5, 5.41) is 0. The maximum atomic E-state index is 6.95. The summed E-state index contributed by atoms with van der Waals surface area (Å²) in [4.78, 5) is 0. The monoisotopic (exact) mass is 439 g/mol. The Morgan fingerprint density at radius 2 is 1.53 bits per heavy atom. The molecule has 2 N–H and O–H groups in total. The van der Waals surface area contributed by atoms with Crippen molar-refractivity contribution in [1.29, 1.82) is 0 Å². The highest BCUT2D eigenvalue weighted by Gasteiger charge is 2.93. The van der Waals surface area contributed by atoms with Crippen LogP contribution in [0.2, 0.25) is 0 Å². The molecule has 0 bridgehead atoms. The van der Waals surface area contributed by atoms with Crippen LogP contribution in [0.25, 0.3) is 0 Å². The Morgan fingerprint density at radius 3 is 2.22 bits per heavy atom. The lowest BCUT2D eigenvalue weighted by Crippen LogP contribution is -2.57. The second-order valence-electron chi connectivity index (χ2n) is 14.2. The number of allylic oxidation sites excluding steroid dienone is 2. The number of fused-ring (bicyclic) bond motifs is 3. The second kappa shape index (κ2) is 6.38. The molecule has 0 aromatic rings. The van der Waals surface area contributed by atoms with Gasteiger partial charge in [0.25, 0.3) is 0 Å². The van der Waals surface area contributed by atoms with E-state index in [-0.39, 0.29) is 0 Å². The van der Waals surface area contributed by atoms with Crippen LogP contribution in [0.15, 0.2) is 11.8 Å². The van der Waals surface area contributed by atoms with Gasteiger partial charge in [0.1, 0.15) is 0 Å². The Bertz CT molecular complexity index is 846. The van der Waals surface area contributed by atoms with E-state index in [1.54, 1.807) is 0 Å². The molecule has 0 saturated heterocycles. The highest BCUT2D eigenvalue weighted by molar-refractivity contribution is 5.42. The third kappa shape index (κ3) is 2.00. The Labute approximate surface area is 197 Å². The first kappa shape index (κ1) is 22.0. The van der Waals surface area contributed by atoms with Crippen molar-refractivity contribution in [3.05, 3.63) is 11.8 Å². The molecule has 9 atom stereocenters. The van der Waals surface area contributed by atoms with Gasteiger partial charge in [0.15, 0.2) is 0 Å². The van der Waals surface area contributed by atoms with Gasteiger partial charge in [-0.3, -0.25) is 0 Å². The van der Waals surface area contributed by atoms with Crippen LogP contribution in [0, 0.1) is 50.2 Å². The quantitative estimate of drug-likeness (QED) is 0.495. The smallest absolute Gasteiger partial charge is 0.0625 e. The minimum atomic E-state index is 0.297. The molecule has 0 amide bonds. The van der Waals surface area contributed by atoms with Crippen LogP contribution < -0.4 is 5.73 Å². The zero-order chi connectivity index (χ0) is 22.8. The Kier molecular flexibility index (Phi) is 4.39. The second-order valence-corrected chi connectivity index (χ2v) is 14.2. The molecule has 2 heteroatoms. The van der Waals surface area contributed by atoms with Gasteiger partial charge in [0.2, 0.25) is 0 Å². The fourth-order valence-electron chi connectivity index (χ4n) is 13.2. The van der Waals surface area contributed by atoms with Crippen molar-refractivity contribution in [3.63, 3.8) is 0 Å². The molecular weight excluding hydrogens is 390 g/mol. The van der Waals surface area contributed by atoms with Crippen molar-refractivity contribution >= 4 is 0 Å². The number of methoxy groups -OCH3 is 1. The van der Waals surface area contributed by atoms with Gasteiger partial charge < -0.3 is 10.5 Å². The molecule has 32 heavy (non-hydrogen) atoms. The molecular formula is C30H49NO. The molecule has 0 heterocycles. The zero-order valence-electron chi connectivity index (χ0n) is 21.9. The van der Waals surface area contributed by atoms with Gasteiger partial charge in [-0.25, -0.2) is 0 Å². The van der Waals surface area contributed by atoms with Crippen LogP contribution in [0.5, 0.6) is 0 Å². The van der Waals surface area contributed by atoms with Crippen LogP contribution in [-0.4, -0.2) is 13.2 Å². The molecule has 6 aliphatic carbocycles. The Balaban J connectivity index is 1.43. The summed E-state index contributed by atoms with van der Waals surface area (Å²) in [6.45, 7) is 12.8. The standard InChI is InChI=1S/C30H49NO/c1-7-9-23(31)28-14-8-10-22(28)30-17-12-21-26(4)15-13-24(32-6)25(2,3)20(26)11-16-29(21,30)27(30,5)18-19-28/h9,20-22,24H,7-8,10-19,31H2,1-6H3/b23-9+/t20?,21?,22?,24?,26?,27-,28?,29?,30?/m0/s1. The highest BCUT2D eigenvalue weighted by atomic mass is 16.5. The van der Waals surface area contributed by atoms with Gasteiger partial charge in [-0.2, -0.15) is 0 Å². The van der Waals surface area contributed by atoms with E-state index in [1.165, 1.54) is 76.3 Å². The molecule has 6 fully saturated rings. The van der Waals surface area contributed by atoms with Crippen LogP contribution in [0.1, 0.15) is 112 Å². The number of rotatable bonds is 3. The first-order chi connectivity index (χ1) is 15.1. The fourth-order valence-corrected chi connectivity index (χ4v) is 13.2. The van der Waals surface area contributed by atoms with Gasteiger partial charge in [0.05, 0.1) is 6.10 Å². The lowest BCUT2D eigenvalue weighted by molar-refractivity contribution is -0.167. The van der Waals surface area contributed by atoms with Crippen LogP contribution in [-0.2, 0) is 4.74 Å². The zero-order valence-corrected chi connectivity index (χ0v) is 21.9. The SMILES string of the molecule is CC/C=C(/N)C12CCCC1C13CCC4C5(C)CCC(OC)C(C)(C)C5CCC41[C@]3(C)CC2. The van der Waals surface area contributed by atoms with Crippen LogP contribution in [0.3, 0.4) is 0 Å². The van der Waals surface area contributed by atoms with E-state index in [0.29, 0.717) is 38.6 Å². The molecule has 6 aliphatic rings. The van der Waals surface area contributed by atoms with Gasteiger partial charge in [-0.15, -0.1) is 0 Å². The molecule has 2 nitrogen and oxygen atoms in total. The maximum Gasteiger partial charge on any atom is 0.0625 e. The lowest BCUT2D eigenvalue weighted by atomic mass is 9.44. The largest absolute Gasteiger partial charge is 0.402 e. The summed E-state index contributed by atoms with van der Waals surface area (Å²) in [6.07, 6.45) is 19.5. The van der Waals surface area contributed by atoms with Gasteiger partial charge in [-0.05, 0) is 115 Å². The van der Waals surface area contributed by atoms with Gasteiger partial charge in [0, 0.05) is 18.2 Å². The molecule has 8 unspecified atom stereocenters. The normalized spacial score (nSPS) is 57.8. The third-order valence-corrected chi connectivity index (χ3v) is 13.9. The molecule has 0 aromatic heterocycles. The van der Waals surface area contributed by atoms with E-state index in [0.717, 1.165) is 24.2 Å². The van der Waals surface area contributed by atoms with Crippen molar-refractivity contribution in [1.82, 2.24) is 0 Å². The summed E-state index contributed by atoms with van der Waals surface area (Å²) in [5.74, 6) is 2.58. The Morgan fingerprint density at radius 1 is 0.844 bits per heavy atom. The fraction of sp³-hybridized carbons (Fsp3) is 0.933. The summed E-state index contributed by atoms with van der Waals surface area (Å²) >= 11 is 0. The minimum Gasteiger partial charge on any atom is -0.402 e. The average molecular weight is 440 g/mol. The van der Waals surface area contributed by atoms with Crippen LogP contribution in [0.4, 0.5) is 0 Å². The third-order valence-electron chi connectivity index (χ3n) is 13.9. The number of hydrogen-bond acceptors (Lipinski definition) is 2. The molecule has 2 spiro atoms. The molecule has 180 valence electrons. The van der Waals surface area contributed by atoms with E-state index in [1.807, 2.05) is 7.11 Å². The molecule has 0 aliphatic heterocycles. The van der Waals surface area contributed by atoms with Crippen molar-refractivity contribution in [2.45, 2.75) is 118 Å². The summed E-state index contributed by atoms with van der Waals surface area (Å²) in [7, 11) is 1.95. The lowest BCUT2D eigenvalue weighted by Gasteiger charge is -2.62. The predicted molar refractivity (Wildman–Crippen MR) is 132 cm³/mol. The van der Waals surface area contributed by atoms with E-state index < -0.39 is 0 Å². The summed E-state index contributed by atoms with van der Waals surface area (Å²) < 4.78 is 6.06. The van der Waals surface area contributed by atoms with Crippen molar-refractivity contribution < 1.29 is 4.74 Å². The first-order valence-corrected chi connectivity index (χ1v) is 14.1. The minimum absolute atomic E-state index is 0.297. The number of ether oxygens (including phenoxy) is 1. The number of nitrogens with two attached hydrogens (primary N) is 1. The molecule has 6 saturated carbocycles. The highest BCUT2D eigenvalue weighted by Crippen LogP contribution is 2.99. The average Bonchev–Trinajstić information content (AvgIpc) is 3.13. The number of hydrogen-bond donors (Lipinski definition) is 1. The van der Waals surface area contributed by atoms with Crippen molar-refractivity contribution in [2.24, 2.45) is 56.0 Å². The maximum absolute atomic E-state index is 6.95. The van der Waals surface area contributed by atoms with E-state index in [2.05, 4.69) is 40.7 Å². The van der Waals surface area contributed by atoms with Crippen molar-refractivity contribution in [2.75, 3.05) is 7.11 Å². The predicted octanol–water partition coefficient (Wildman–Crippen LogP) is 7.47. The van der Waals surface area contributed by atoms with Crippen molar-refractivity contribution in [3.8, 4) is 0 Å². The first-order valence-electron chi connectivity index (χ1n) is 14.1. The van der Waals surface area contributed by atoms with Gasteiger partial charge >= 0.3 is 0 Å². The molecule has 0 radical (unpaired) electrons.